The van der Waals surface area contributed by atoms with E-state index in [-0.39, 0.29) is 17.1 Å². The number of amides is 1. The van der Waals surface area contributed by atoms with Gasteiger partial charge in [0.15, 0.2) is 5.65 Å². The number of aromatic amines is 2. The lowest BCUT2D eigenvalue weighted by Gasteiger charge is -2.17. The molecule has 0 aliphatic heterocycles. The molecular formula is C31H28FN7O2. The second-order valence-corrected chi connectivity index (χ2v) is 11.1. The second-order valence-electron chi connectivity index (χ2n) is 11.1. The molecule has 0 saturated heterocycles. The molecule has 41 heavy (non-hydrogen) atoms. The summed E-state index contributed by atoms with van der Waals surface area (Å²) in [5.74, 6) is -0.0140. The number of anilines is 1. The largest absolute Gasteiger partial charge is 0.497 e. The van der Waals surface area contributed by atoms with Crippen molar-refractivity contribution in [2.45, 2.75) is 27.2 Å². The van der Waals surface area contributed by atoms with Crippen molar-refractivity contribution in [1.82, 2.24) is 30.1 Å². The molecule has 0 unspecified atom stereocenters. The summed E-state index contributed by atoms with van der Waals surface area (Å²) in [5.41, 5.74) is 6.27. The highest BCUT2D eigenvalue weighted by Crippen LogP contribution is 2.35. The van der Waals surface area contributed by atoms with Gasteiger partial charge >= 0.3 is 0 Å². The van der Waals surface area contributed by atoms with Gasteiger partial charge in [0.25, 0.3) is 0 Å². The van der Waals surface area contributed by atoms with E-state index in [1.54, 1.807) is 30.9 Å². The molecular weight excluding hydrogens is 521 g/mol. The fraction of sp³-hybridized carbons (Fsp3) is 0.194. The van der Waals surface area contributed by atoms with Gasteiger partial charge in [-0.25, -0.2) is 14.4 Å². The number of hydrogen-bond donors (Lipinski definition) is 3. The van der Waals surface area contributed by atoms with E-state index in [0.717, 1.165) is 33.2 Å². The molecule has 0 aliphatic carbocycles. The van der Waals surface area contributed by atoms with Gasteiger partial charge in [0.1, 0.15) is 22.9 Å². The zero-order valence-electron chi connectivity index (χ0n) is 23.0. The molecule has 6 aromatic rings. The number of methoxy groups -OCH3 is 1. The van der Waals surface area contributed by atoms with Gasteiger partial charge in [0.2, 0.25) is 5.91 Å². The molecule has 0 aliphatic rings. The number of carbonyl (C=O) groups excluding carboxylic acids is 1. The number of nitrogens with zero attached hydrogens (tertiary/aromatic N) is 4. The fourth-order valence-corrected chi connectivity index (χ4v) is 4.86. The van der Waals surface area contributed by atoms with Gasteiger partial charge in [-0.15, -0.1) is 0 Å². The Bertz CT molecular complexity index is 1920. The van der Waals surface area contributed by atoms with Crippen LogP contribution in [0, 0.1) is 11.2 Å². The third-order valence-electron chi connectivity index (χ3n) is 6.67. The van der Waals surface area contributed by atoms with Crippen LogP contribution < -0.4 is 10.1 Å². The number of rotatable bonds is 6. The van der Waals surface area contributed by atoms with Gasteiger partial charge in [0.05, 0.1) is 24.7 Å². The van der Waals surface area contributed by atoms with Gasteiger partial charge < -0.3 is 15.0 Å². The summed E-state index contributed by atoms with van der Waals surface area (Å²) in [5, 5.41) is 12.1. The lowest BCUT2D eigenvalue weighted by molar-refractivity contribution is -0.117. The first-order valence-corrected chi connectivity index (χ1v) is 13.1. The summed E-state index contributed by atoms with van der Waals surface area (Å²) in [7, 11) is 1.51. The quantitative estimate of drug-likeness (QED) is 0.211. The average Bonchev–Trinajstić information content (AvgIpc) is 3.55. The molecule has 0 saturated carbocycles. The number of pyridine rings is 3. The zero-order chi connectivity index (χ0) is 28.7. The minimum atomic E-state index is -0.385. The number of halogens is 1. The van der Waals surface area contributed by atoms with Crippen LogP contribution in [0.3, 0.4) is 0 Å². The number of benzene rings is 1. The van der Waals surface area contributed by atoms with Crippen LogP contribution in [-0.4, -0.2) is 43.2 Å². The number of hydrogen-bond acceptors (Lipinski definition) is 6. The molecule has 5 heterocycles. The van der Waals surface area contributed by atoms with Crippen molar-refractivity contribution < 1.29 is 13.9 Å². The van der Waals surface area contributed by atoms with Crippen LogP contribution in [0.15, 0.2) is 67.3 Å². The Morgan fingerprint density at radius 2 is 1.78 bits per heavy atom. The first kappa shape index (κ1) is 26.1. The van der Waals surface area contributed by atoms with Gasteiger partial charge in [-0.2, -0.15) is 5.10 Å². The molecule has 0 atom stereocenters. The van der Waals surface area contributed by atoms with Crippen LogP contribution in [-0.2, 0) is 4.79 Å². The number of nitrogens with one attached hydrogen (secondary N) is 3. The third-order valence-corrected chi connectivity index (χ3v) is 6.67. The molecule has 0 bridgehead atoms. The normalized spacial score (nSPS) is 11.7. The van der Waals surface area contributed by atoms with E-state index in [1.165, 1.54) is 19.2 Å². The molecule has 9 nitrogen and oxygen atoms in total. The van der Waals surface area contributed by atoms with Crippen LogP contribution in [0.1, 0.15) is 27.2 Å². The highest BCUT2D eigenvalue weighted by molar-refractivity contribution is 6.00. The summed E-state index contributed by atoms with van der Waals surface area (Å²) in [6, 6.07) is 12.3. The van der Waals surface area contributed by atoms with Crippen molar-refractivity contribution in [3.63, 3.8) is 0 Å². The van der Waals surface area contributed by atoms with Crippen LogP contribution in [0.5, 0.6) is 5.75 Å². The summed E-state index contributed by atoms with van der Waals surface area (Å²) in [6.45, 7) is 6.06. The topological polar surface area (TPSA) is 121 Å². The smallest absolute Gasteiger partial charge is 0.224 e. The summed E-state index contributed by atoms with van der Waals surface area (Å²) >= 11 is 0. The van der Waals surface area contributed by atoms with Gasteiger partial charge in [-0.3, -0.25) is 14.9 Å². The van der Waals surface area contributed by atoms with Crippen LogP contribution in [0.25, 0.3) is 55.7 Å². The molecule has 6 rings (SSSR count). The highest BCUT2D eigenvalue weighted by atomic mass is 19.1. The van der Waals surface area contributed by atoms with Gasteiger partial charge in [-0.05, 0) is 52.9 Å². The van der Waals surface area contributed by atoms with E-state index in [1.807, 2.05) is 45.0 Å². The molecule has 10 heteroatoms. The highest BCUT2D eigenvalue weighted by Gasteiger charge is 2.18. The first-order valence-electron chi connectivity index (χ1n) is 13.1. The van der Waals surface area contributed by atoms with E-state index < -0.39 is 0 Å². The lowest BCUT2D eigenvalue weighted by Crippen LogP contribution is -2.19. The monoisotopic (exact) mass is 549 g/mol. The van der Waals surface area contributed by atoms with Gasteiger partial charge in [0, 0.05) is 53.0 Å². The number of aromatic nitrogens is 6. The summed E-state index contributed by atoms with van der Waals surface area (Å²) in [6.07, 6.45) is 7.18. The summed E-state index contributed by atoms with van der Waals surface area (Å²) < 4.78 is 19.5. The van der Waals surface area contributed by atoms with Crippen LogP contribution >= 0.6 is 0 Å². The molecule has 5 aromatic heterocycles. The fourth-order valence-electron chi connectivity index (χ4n) is 4.86. The SMILES string of the molecule is COc1cc(F)cc(-c2ccnc3[nH]c(-c4n[nH]c5ncc(-c6cncc(NC(=O)CC(C)(C)C)c6)cc45)cc23)c1. The van der Waals surface area contributed by atoms with E-state index in [4.69, 9.17) is 4.74 Å². The molecule has 1 aromatic carbocycles. The predicted octanol–water partition coefficient (Wildman–Crippen LogP) is 6.75. The van der Waals surface area contributed by atoms with Crippen molar-refractivity contribution >= 4 is 33.7 Å². The van der Waals surface area contributed by atoms with E-state index in [2.05, 4.69) is 35.5 Å². The lowest BCUT2D eigenvalue weighted by atomic mass is 9.92. The Balaban J connectivity index is 1.37. The number of ether oxygens (including phenoxy) is 1. The minimum absolute atomic E-state index is 0.0642. The maximum atomic E-state index is 14.3. The first-order chi connectivity index (χ1) is 19.7. The average molecular weight is 550 g/mol. The van der Waals surface area contributed by atoms with E-state index in [9.17, 15) is 9.18 Å². The van der Waals surface area contributed by atoms with Crippen molar-refractivity contribution in [2.75, 3.05) is 12.4 Å². The number of carbonyl (C=O) groups is 1. The zero-order valence-corrected chi connectivity index (χ0v) is 23.0. The predicted molar refractivity (Wildman–Crippen MR) is 157 cm³/mol. The Morgan fingerprint density at radius 1 is 0.951 bits per heavy atom. The summed E-state index contributed by atoms with van der Waals surface area (Å²) in [4.78, 5) is 29.2. The maximum absolute atomic E-state index is 14.3. The third kappa shape index (κ3) is 5.36. The second kappa shape index (κ2) is 10.1. The minimum Gasteiger partial charge on any atom is -0.497 e. The number of fused-ring (bicyclic) bond motifs is 2. The molecule has 206 valence electrons. The van der Waals surface area contributed by atoms with Crippen LogP contribution in [0.4, 0.5) is 10.1 Å². The van der Waals surface area contributed by atoms with Crippen LogP contribution in [0.2, 0.25) is 0 Å². The molecule has 0 fully saturated rings. The van der Waals surface area contributed by atoms with Crippen molar-refractivity contribution in [1.29, 1.82) is 0 Å². The van der Waals surface area contributed by atoms with Crippen molar-refractivity contribution in [3.05, 3.63) is 73.1 Å². The Labute approximate surface area is 235 Å². The van der Waals surface area contributed by atoms with E-state index in [0.29, 0.717) is 40.4 Å². The molecule has 0 radical (unpaired) electrons. The van der Waals surface area contributed by atoms with Crippen molar-refractivity contribution in [2.24, 2.45) is 5.41 Å². The Morgan fingerprint density at radius 3 is 2.59 bits per heavy atom. The number of H-pyrrole nitrogens is 2. The maximum Gasteiger partial charge on any atom is 0.224 e. The Hall–Kier alpha value is -5.12. The van der Waals surface area contributed by atoms with E-state index >= 15 is 0 Å². The standard InChI is InChI=1S/C31H28FN7O2/c1-31(2,3)13-27(40)36-21-8-18(14-33-16-21)19-10-25-28(38-39-30(25)35-15-19)26-12-24-23(5-6-34-29(24)37-26)17-7-20(32)11-22(9-17)41-4/h5-12,14-16H,13H2,1-4H3,(H,34,37)(H,36,40)(H,35,38,39). The molecule has 0 spiro atoms. The van der Waals surface area contributed by atoms with Crippen molar-refractivity contribution in [3.8, 4) is 39.4 Å². The molecule has 1 amide bonds. The Kier molecular flexibility index (Phi) is 6.45. The van der Waals surface area contributed by atoms with Gasteiger partial charge in [-0.1, -0.05) is 20.8 Å². The molecule has 3 N–H and O–H groups in total.